The van der Waals surface area contributed by atoms with Gasteiger partial charge in [-0.2, -0.15) is 0 Å². The molecule has 0 aliphatic carbocycles. The van der Waals surface area contributed by atoms with Crippen molar-refractivity contribution in [3.63, 3.8) is 0 Å². The molecule has 2 rings (SSSR count). The van der Waals surface area contributed by atoms with E-state index in [1.807, 2.05) is 31.2 Å². The van der Waals surface area contributed by atoms with E-state index in [2.05, 4.69) is 6.92 Å². The first-order valence-electron chi connectivity index (χ1n) is 6.82. The maximum atomic E-state index is 6.10. The van der Waals surface area contributed by atoms with E-state index in [0.717, 1.165) is 23.4 Å². The largest absolute Gasteiger partial charge is 0.368 e. The number of ether oxygens (including phenoxy) is 3. The summed E-state index contributed by atoms with van der Waals surface area (Å²) < 4.78 is 17.3. The summed E-state index contributed by atoms with van der Waals surface area (Å²) in [7, 11) is 0. The SMILES string of the molecule is CCC[C@H]1OC[C@@H](OCc2ccccc2Cl)[C@@H](C)O1. The first-order valence-corrected chi connectivity index (χ1v) is 7.20. The zero-order chi connectivity index (χ0) is 13.7. The van der Waals surface area contributed by atoms with Gasteiger partial charge in [0.2, 0.25) is 0 Å². The van der Waals surface area contributed by atoms with E-state index in [-0.39, 0.29) is 18.5 Å². The average Bonchev–Trinajstić information content (AvgIpc) is 2.40. The van der Waals surface area contributed by atoms with Crippen LogP contribution in [0.5, 0.6) is 0 Å². The maximum Gasteiger partial charge on any atom is 0.158 e. The number of halogens is 1. The fourth-order valence-corrected chi connectivity index (χ4v) is 2.28. The highest BCUT2D eigenvalue weighted by atomic mass is 35.5. The molecular formula is C15H21ClO3. The predicted molar refractivity (Wildman–Crippen MR) is 75.2 cm³/mol. The molecule has 1 aliphatic rings. The van der Waals surface area contributed by atoms with Crippen LogP contribution in [-0.2, 0) is 20.8 Å². The minimum absolute atomic E-state index is 0.0376. The molecule has 0 bridgehead atoms. The molecule has 0 amide bonds. The van der Waals surface area contributed by atoms with Gasteiger partial charge in [-0.3, -0.25) is 0 Å². The molecule has 0 aromatic heterocycles. The van der Waals surface area contributed by atoms with Crippen LogP contribution in [0.15, 0.2) is 24.3 Å². The predicted octanol–water partition coefficient (Wildman–Crippen LogP) is 3.79. The van der Waals surface area contributed by atoms with E-state index < -0.39 is 0 Å². The standard InChI is InChI=1S/C15H21ClO3/c1-3-6-15-18-10-14(11(2)19-15)17-9-12-7-4-5-8-13(12)16/h4-5,7-8,11,14-15H,3,6,9-10H2,1-2H3/t11-,14-,15+/m1/s1. The summed E-state index contributed by atoms with van der Waals surface area (Å²) in [6.45, 7) is 5.22. The van der Waals surface area contributed by atoms with Gasteiger partial charge >= 0.3 is 0 Å². The number of hydrogen-bond donors (Lipinski definition) is 0. The normalized spacial score (nSPS) is 27.4. The van der Waals surface area contributed by atoms with Crippen molar-refractivity contribution >= 4 is 11.6 Å². The number of hydrogen-bond acceptors (Lipinski definition) is 3. The quantitative estimate of drug-likeness (QED) is 0.823. The van der Waals surface area contributed by atoms with Gasteiger partial charge in [0.1, 0.15) is 6.10 Å². The highest BCUT2D eigenvalue weighted by Crippen LogP contribution is 2.21. The summed E-state index contributed by atoms with van der Waals surface area (Å²) >= 11 is 6.10. The first kappa shape index (κ1) is 14.8. The Hall–Kier alpha value is -0.610. The zero-order valence-corrected chi connectivity index (χ0v) is 12.2. The Balaban J connectivity index is 1.82. The van der Waals surface area contributed by atoms with Crippen LogP contribution in [-0.4, -0.2) is 25.1 Å². The van der Waals surface area contributed by atoms with Crippen molar-refractivity contribution in [1.29, 1.82) is 0 Å². The molecule has 0 saturated carbocycles. The summed E-state index contributed by atoms with van der Waals surface area (Å²) in [6.07, 6.45) is 1.92. The molecule has 3 nitrogen and oxygen atoms in total. The van der Waals surface area contributed by atoms with Gasteiger partial charge in [0, 0.05) is 5.02 Å². The van der Waals surface area contributed by atoms with E-state index >= 15 is 0 Å². The second-order valence-corrected chi connectivity index (χ2v) is 5.24. The van der Waals surface area contributed by atoms with Gasteiger partial charge in [0.15, 0.2) is 6.29 Å². The van der Waals surface area contributed by atoms with Crippen molar-refractivity contribution in [2.45, 2.75) is 51.8 Å². The molecule has 4 heteroatoms. The fraction of sp³-hybridized carbons (Fsp3) is 0.600. The molecule has 1 aliphatic heterocycles. The summed E-state index contributed by atoms with van der Waals surface area (Å²) in [4.78, 5) is 0. The van der Waals surface area contributed by atoms with Crippen molar-refractivity contribution in [2.75, 3.05) is 6.61 Å². The molecule has 1 aromatic rings. The van der Waals surface area contributed by atoms with Gasteiger partial charge in [0.25, 0.3) is 0 Å². The molecule has 0 radical (unpaired) electrons. The molecule has 1 aromatic carbocycles. The van der Waals surface area contributed by atoms with E-state index in [1.165, 1.54) is 0 Å². The second kappa shape index (κ2) is 7.25. The Kier molecular flexibility index (Phi) is 5.64. The van der Waals surface area contributed by atoms with Gasteiger partial charge in [-0.1, -0.05) is 43.1 Å². The van der Waals surface area contributed by atoms with Crippen LogP contribution in [0.2, 0.25) is 5.02 Å². The minimum Gasteiger partial charge on any atom is -0.368 e. The van der Waals surface area contributed by atoms with Gasteiger partial charge in [-0.25, -0.2) is 0 Å². The molecule has 19 heavy (non-hydrogen) atoms. The lowest BCUT2D eigenvalue weighted by Crippen LogP contribution is -2.43. The molecule has 1 fully saturated rings. The summed E-state index contributed by atoms with van der Waals surface area (Å²) in [5.41, 5.74) is 0.993. The van der Waals surface area contributed by atoms with E-state index in [9.17, 15) is 0 Å². The smallest absolute Gasteiger partial charge is 0.158 e. The molecular weight excluding hydrogens is 264 g/mol. The highest BCUT2D eigenvalue weighted by Gasteiger charge is 2.29. The average molecular weight is 285 g/mol. The van der Waals surface area contributed by atoms with Crippen LogP contribution in [0.3, 0.4) is 0 Å². The van der Waals surface area contributed by atoms with Gasteiger partial charge in [0.05, 0.1) is 19.3 Å². The lowest BCUT2D eigenvalue weighted by Gasteiger charge is -2.34. The molecule has 0 spiro atoms. The van der Waals surface area contributed by atoms with Crippen LogP contribution in [0.4, 0.5) is 0 Å². The van der Waals surface area contributed by atoms with E-state index in [0.29, 0.717) is 13.2 Å². The van der Waals surface area contributed by atoms with Crippen molar-refractivity contribution < 1.29 is 14.2 Å². The van der Waals surface area contributed by atoms with Crippen LogP contribution >= 0.6 is 11.6 Å². The third-order valence-corrected chi connectivity index (χ3v) is 3.64. The summed E-state index contributed by atoms with van der Waals surface area (Å²) in [5.74, 6) is 0. The fourth-order valence-electron chi connectivity index (χ4n) is 2.09. The Morgan fingerprint density at radius 2 is 2.16 bits per heavy atom. The van der Waals surface area contributed by atoms with E-state index in [1.54, 1.807) is 0 Å². The molecule has 3 atom stereocenters. The molecule has 0 N–H and O–H groups in total. The van der Waals surface area contributed by atoms with Gasteiger partial charge < -0.3 is 14.2 Å². The third kappa shape index (κ3) is 4.18. The maximum absolute atomic E-state index is 6.10. The Bertz CT molecular complexity index is 397. The topological polar surface area (TPSA) is 27.7 Å². The molecule has 106 valence electrons. The zero-order valence-electron chi connectivity index (χ0n) is 11.5. The monoisotopic (exact) mass is 284 g/mol. The number of rotatable bonds is 5. The van der Waals surface area contributed by atoms with Crippen molar-refractivity contribution in [1.82, 2.24) is 0 Å². The summed E-state index contributed by atoms with van der Waals surface area (Å²) in [6, 6.07) is 7.71. The highest BCUT2D eigenvalue weighted by molar-refractivity contribution is 6.31. The molecule has 0 unspecified atom stereocenters. The van der Waals surface area contributed by atoms with Crippen LogP contribution in [0.25, 0.3) is 0 Å². The van der Waals surface area contributed by atoms with Crippen molar-refractivity contribution in [3.05, 3.63) is 34.9 Å². The lowest BCUT2D eigenvalue weighted by atomic mass is 10.2. The van der Waals surface area contributed by atoms with Crippen molar-refractivity contribution in [3.8, 4) is 0 Å². The summed E-state index contributed by atoms with van der Waals surface area (Å²) in [5, 5.41) is 0.733. The Morgan fingerprint density at radius 3 is 2.84 bits per heavy atom. The first-order chi connectivity index (χ1) is 9.20. The lowest BCUT2D eigenvalue weighted by molar-refractivity contribution is -0.260. The number of benzene rings is 1. The minimum atomic E-state index is -0.0832. The van der Waals surface area contributed by atoms with Gasteiger partial charge in [-0.15, -0.1) is 0 Å². The van der Waals surface area contributed by atoms with E-state index in [4.69, 9.17) is 25.8 Å². The van der Waals surface area contributed by atoms with Crippen LogP contribution in [0, 0.1) is 0 Å². The van der Waals surface area contributed by atoms with Gasteiger partial charge in [-0.05, 0) is 25.0 Å². The Morgan fingerprint density at radius 1 is 1.37 bits per heavy atom. The van der Waals surface area contributed by atoms with Crippen LogP contribution in [0.1, 0.15) is 32.3 Å². The van der Waals surface area contributed by atoms with Crippen molar-refractivity contribution in [2.24, 2.45) is 0 Å². The Labute approximate surface area is 119 Å². The molecule has 1 heterocycles. The second-order valence-electron chi connectivity index (χ2n) is 4.83. The molecule has 1 saturated heterocycles. The van der Waals surface area contributed by atoms with Crippen LogP contribution < -0.4 is 0 Å². The third-order valence-electron chi connectivity index (χ3n) is 3.27.